The summed E-state index contributed by atoms with van der Waals surface area (Å²) in [6, 6.07) is 14.2. The first kappa shape index (κ1) is 18.4. The van der Waals surface area contributed by atoms with Gasteiger partial charge in [0.05, 0.1) is 17.8 Å². The number of carbonyl (C=O) groups is 2. The highest BCUT2D eigenvalue weighted by Crippen LogP contribution is 2.30. The highest BCUT2D eigenvalue weighted by atomic mass is 35.5. The zero-order valence-electron chi connectivity index (χ0n) is 14.5. The fraction of sp³-hybridized carbons (Fsp3) is 0.300. The van der Waals surface area contributed by atoms with Crippen molar-refractivity contribution >= 4 is 29.1 Å². The summed E-state index contributed by atoms with van der Waals surface area (Å²) in [5.74, 6) is -0.376. The van der Waals surface area contributed by atoms with Gasteiger partial charge in [0.1, 0.15) is 6.04 Å². The Morgan fingerprint density at radius 1 is 1.08 bits per heavy atom. The standard InChI is InChI=1S/C20H22ClN3O2/c21-15-9-10-16-18(12-15)24(13-14-6-2-1-3-7-14)20(26)17(23-19(16)25)8-4-5-11-22/h1-3,6-7,9-10,12,17H,4-5,8,11,13,22H2,(H,23,25)/t17-/m0/s1. The van der Waals surface area contributed by atoms with Crippen molar-refractivity contribution in [3.8, 4) is 0 Å². The summed E-state index contributed by atoms with van der Waals surface area (Å²) >= 11 is 6.15. The summed E-state index contributed by atoms with van der Waals surface area (Å²) in [7, 11) is 0. The quantitative estimate of drug-likeness (QED) is 0.766. The van der Waals surface area contributed by atoms with E-state index in [0.29, 0.717) is 35.8 Å². The molecule has 2 amide bonds. The van der Waals surface area contributed by atoms with Gasteiger partial charge in [-0.2, -0.15) is 0 Å². The fourth-order valence-electron chi connectivity index (χ4n) is 3.14. The smallest absolute Gasteiger partial charge is 0.254 e. The Bertz CT molecular complexity index is 795. The van der Waals surface area contributed by atoms with E-state index in [1.54, 1.807) is 23.1 Å². The van der Waals surface area contributed by atoms with Gasteiger partial charge < -0.3 is 16.0 Å². The Hall–Kier alpha value is -2.37. The predicted molar refractivity (Wildman–Crippen MR) is 103 cm³/mol. The van der Waals surface area contributed by atoms with Crippen LogP contribution in [0.3, 0.4) is 0 Å². The lowest BCUT2D eigenvalue weighted by atomic mass is 10.1. The van der Waals surface area contributed by atoms with Crippen molar-refractivity contribution in [2.24, 2.45) is 5.73 Å². The molecule has 26 heavy (non-hydrogen) atoms. The Morgan fingerprint density at radius 3 is 2.58 bits per heavy atom. The van der Waals surface area contributed by atoms with Crippen molar-refractivity contribution in [3.05, 3.63) is 64.7 Å². The first-order valence-corrected chi connectivity index (χ1v) is 9.13. The van der Waals surface area contributed by atoms with Gasteiger partial charge in [-0.1, -0.05) is 41.9 Å². The first-order chi connectivity index (χ1) is 12.6. The van der Waals surface area contributed by atoms with Crippen LogP contribution in [0.25, 0.3) is 0 Å². The molecule has 6 heteroatoms. The molecule has 1 aliphatic heterocycles. The summed E-state index contributed by atoms with van der Waals surface area (Å²) in [6.07, 6.45) is 2.16. The molecule has 0 spiro atoms. The average Bonchev–Trinajstić information content (AvgIpc) is 2.73. The van der Waals surface area contributed by atoms with Crippen molar-refractivity contribution in [3.63, 3.8) is 0 Å². The summed E-state index contributed by atoms with van der Waals surface area (Å²) < 4.78 is 0. The molecule has 1 heterocycles. The Kier molecular flexibility index (Phi) is 5.91. The number of benzene rings is 2. The van der Waals surface area contributed by atoms with E-state index in [1.807, 2.05) is 30.3 Å². The van der Waals surface area contributed by atoms with E-state index in [4.69, 9.17) is 17.3 Å². The third kappa shape index (κ3) is 4.06. The van der Waals surface area contributed by atoms with Crippen LogP contribution in [0.15, 0.2) is 48.5 Å². The molecule has 3 rings (SSSR count). The number of hydrogen-bond acceptors (Lipinski definition) is 3. The summed E-state index contributed by atoms with van der Waals surface area (Å²) in [5.41, 5.74) is 7.55. The van der Waals surface area contributed by atoms with Crippen molar-refractivity contribution in [2.75, 3.05) is 11.4 Å². The first-order valence-electron chi connectivity index (χ1n) is 8.76. The van der Waals surface area contributed by atoms with E-state index in [0.717, 1.165) is 18.4 Å². The minimum Gasteiger partial charge on any atom is -0.340 e. The number of nitrogens with two attached hydrogens (primary N) is 1. The van der Waals surface area contributed by atoms with Crippen LogP contribution in [0.4, 0.5) is 5.69 Å². The van der Waals surface area contributed by atoms with Gasteiger partial charge in [0, 0.05) is 5.02 Å². The topological polar surface area (TPSA) is 75.4 Å². The van der Waals surface area contributed by atoms with E-state index < -0.39 is 6.04 Å². The molecular formula is C20H22ClN3O2. The Morgan fingerprint density at radius 2 is 1.85 bits per heavy atom. The molecule has 1 aliphatic rings. The van der Waals surface area contributed by atoms with Crippen LogP contribution >= 0.6 is 11.6 Å². The molecule has 0 bridgehead atoms. The predicted octanol–water partition coefficient (Wildman–Crippen LogP) is 3.11. The Labute approximate surface area is 158 Å². The molecule has 0 unspecified atom stereocenters. The second-order valence-electron chi connectivity index (χ2n) is 6.38. The number of amides is 2. The van der Waals surface area contributed by atoms with Gasteiger partial charge in [-0.25, -0.2) is 0 Å². The lowest BCUT2D eigenvalue weighted by Gasteiger charge is -2.25. The highest BCUT2D eigenvalue weighted by Gasteiger charge is 2.33. The van der Waals surface area contributed by atoms with Gasteiger partial charge in [-0.15, -0.1) is 0 Å². The Balaban J connectivity index is 1.97. The minimum atomic E-state index is -0.566. The second kappa shape index (κ2) is 8.34. The van der Waals surface area contributed by atoms with E-state index in [1.165, 1.54) is 0 Å². The fourth-order valence-corrected chi connectivity index (χ4v) is 3.31. The summed E-state index contributed by atoms with van der Waals surface area (Å²) in [6.45, 7) is 0.952. The molecule has 3 N–H and O–H groups in total. The highest BCUT2D eigenvalue weighted by molar-refractivity contribution is 6.31. The number of halogens is 1. The zero-order valence-corrected chi connectivity index (χ0v) is 15.2. The van der Waals surface area contributed by atoms with Crippen LogP contribution in [-0.4, -0.2) is 24.4 Å². The molecule has 5 nitrogen and oxygen atoms in total. The normalized spacial score (nSPS) is 16.8. The molecule has 2 aromatic rings. The summed E-state index contributed by atoms with van der Waals surface area (Å²) in [4.78, 5) is 27.5. The SMILES string of the molecule is NCCCC[C@@H]1NC(=O)c2ccc(Cl)cc2N(Cc2ccccc2)C1=O. The summed E-state index contributed by atoms with van der Waals surface area (Å²) in [5, 5.41) is 3.35. The molecule has 0 saturated carbocycles. The largest absolute Gasteiger partial charge is 0.340 e. The molecular weight excluding hydrogens is 350 g/mol. The monoisotopic (exact) mass is 371 g/mol. The third-order valence-electron chi connectivity index (χ3n) is 4.50. The van der Waals surface area contributed by atoms with E-state index >= 15 is 0 Å². The average molecular weight is 372 g/mol. The van der Waals surface area contributed by atoms with Gasteiger partial charge in [-0.3, -0.25) is 9.59 Å². The van der Waals surface area contributed by atoms with Crippen LogP contribution < -0.4 is 16.0 Å². The maximum Gasteiger partial charge on any atom is 0.254 e. The van der Waals surface area contributed by atoms with Crippen molar-refractivity contribution in [1.29, 1.82) is 0 Å². The number of carbonyl (C=O) groups excluding carboxylic acids is 2. The van der Waals surface area contributed by atoms with Crippen LogP contribution in [0.2, 0.25) is 5.02 Å². The van der Waals surface area contributed by atoms with E-state index in [9.17, 15) is 9.59 Å². The second-order valence-corrected chi connectivity index (χ2v) is 6.82. The third-order valence-corrected chi connectivity index (χ3v) is 4.73. The maximum absolute atomic E-state index is 13.2. The molecule has 136 valence electrons. The molecule has 2 aromatic carbocycles. The van der Waals surface area contributed by atoms with Gasteiger partial charge >= 0.3 is 0 Å². The van der Waals surface area contributed by atoms with Crippen molar-refractivity contribution < 1.29 is 9.59 Å². The lowest BCUT2D eigenvalue weighted by Crippen LogP contribution is -2.45. The van der Waals surface area contributed by atoms with E-state index in [2.05, 4.69) is 5.32 Å². The van der Waals surface area contributed by atoms with Crippen molar-refractivity contribution in [1.82, 2.24) is 5.32 Å². The number of fused-ring (bicyclic) bond motifs is 1. The number of nitrogens with one attached hydrogen (secondary N) is 1. The molecule has 0 aliphatic carbocycles. The van der Waals surface area contributed by atoms with Crippen LogP contribution in [0, 0.1) is 0 Å². The minimum absolute atomic E-state index is 0.125. The number of unbranched alkanes of at least 4 members (excludes halogenated alkanes) is 1. The molecule has 0 saturated heterocycles. The van der Waals surface area contributed by atoms with Crippen LogP contribution in [0.1, 0.15) is 35.2 Å². The number of anilines is 1. The molecule has 0 aromatic heterocycles. The molecule has 0 radical (unpaired) electrons. The van der Waals surface area contributed by atoms with Gasteiger partial charge in [0.2, 0.25) is 5.91 Å². The van der Waals surface area contributed by atoms with Gasteiger partial charge in [0.15, 0.2) is 0 Å². The number of hydrogen-bond donors (Lipinski definition) is 2. The maximum atomic E-state index is 13.2. The van der Waals surface area contributed by atoms with Gasteiger partial charge in [0.25, 0.3) is 5.91 Å². The molecule has 0 fully saturated rings. The van der Waals surface area contributed by atoms with Gasteiger partial charge in [-0.05, 0) is 49.6 Å². The number of rotatable bonds is 6. The zero-order chi connectivity index (χ0) is 18.5. The number of nitrogens with zero attached hydrogens (tertiary/aromatic N) is 1. The van der Waals surface area contributed by atoms with Crippen LogP contribution in [-0.2, 0) is 11.3 Å². The van der Waals surface area contributed by atoms with Crippen molar-refractivity contribution in [2.45, 2.75) is 31.8 Å². The van der Waals surface area contributed by atoms with Crippen LogP contribution in [0.5, 0.6) is 0 Å². The lowest BCUT2D eigenvalue weighted by molar-refractivity contribution is -0.120. The van der Waals surface area contributed by atoms with E-state index in [-0.39, 0.29) is 11.8 Å². The molecule has 1 atom stereocenters.